The molecular formula is C28H33Cl2N5OS2. The maximum Gasteiger partial charge on any atom is 0.242 e. The van der Waals surface area contributed by atoms with Gasteiger partial charge in [0, 0.05) is 29.2 Å². The van der Waals surface area contributed by atoms with E-state index in [0.717, 1.165) is 28.3 Å². The Hall–Kier alpha value is -2.13. The Morgan fingerprint density at radius 1 is 0.974 bits per heavy atom. The number of anilines is 2. The fourth-order valence-electron chi connectivity index (χ4n) is 4.02. The first-order valence-corrected chi connectivity index (χ1v) is 15.6. The number of nitrogens with one attached hydrogen (secondary N) is 3. The highest BCUT2D eigenvalue weighted by Gasteiger charge is 2.23. The topological polar surface area (TPSA) is 78.9 Å². The summed E-state index contributed by atoms with van der Waals surface area (Å²) < 4.78 is 0.237. The molecule has 0 aliphatic carbocycles. The van der Waals surface area contributed by atoms with Crippen molar-refractivity contribution >= 4 is 64.4 Å². The van der Waals surface area contributed by atoms with Gasteiger partial charge in [-0.15, -0.1) is 23.5 Å². The summed E-state index contributed by atoms with van der Waals surface area (Å²) in [5.74, 6) is 3.64. The molecule has 3 aromatic rings. The molecule has 0 spiro atoms. The van der Waals surface area contributed by atoms with Crippen molar-refractivity contribution in [3.63, 3.8) is 0 Å². The summed E-state index contributed by atoms with van der Waals surface area (Å²) in [6.45, 7) is 5.20. The highest BCUT2D eigenvalue weighted by Crippen LogP contribution is 2.43. The summed E-state index contributed by atoms with van der Waals surface area (Å²) in [4.78, 5) is 22.8. The van der Waals surface area contributed by atoms with E-state index in [4.69, 9.17) is 33.2 Å². The lowest BCUT2D eigenvalue weighted by Crippen LogP contribution is -2.40. The monoisotopic (exact) mass is 589 g/mol. The van der Waals surface area contributed by atoms with Gasteiger partial charge in [0.25, 0.3) is 0 Å². The highest BCUT2D eigenvalue weighted by atomic mass is 35.5. The van der Waals surface area contributed by atoms with Crippen LogP contribution < -0.4 is 16.0 Å². The quantitative estimate of drug-likeness (QED) is 0.215. The van der Waals surface area contributed by atoms with Gasteiger partial charge in [0.05, 0.1) is 10.3 Å². The molecular weight excluding hydrogens is 557 g/mol. The number of aromatic nitrogens is 2. The van der Waals surface area contributed by atoms with Crippen molar-refractivity contribution in [2.24, 2.45) is 5.92 Å². The molecule has 1 aliphatic heterocycles. The second-order valence-electron chi connectivity index (χ2n) is 9.58. The maximum atomic E-state index is 13.3. The van der Waals surface area contributed by atoms with Crippen molar-refractivity contribution in [3.8, 4) is 0 Å². The van der Waals surface area contributed by atoms with Crippen molar-refractivity contribution in [2.75, 3.05) is 22.1 Å². The first-order chi connectivity index (χ1) is 18.4. The first kappa shape index (κ1) is 28.9. The maximum absolute atomic E-state index is 13.3. The summed E-state index contributed by atoms with van der Waals surface area (Å²) >= 11 is 16.0. The van der Waals surface area contributed by atoms with E-state index in [2.05, 4.69) is 29.8 Å². The van der Waals surface area contributed by atoms with E-state index in [9.17, 15) is 4.79 Å². The Bertz CT molecular complexity index is 1210. The molecule has 1 aromatic heterocycles. The van der Waals surface area contributed by atoms with Crippen LogP contribution in [0.1, 0.15) is 48.1 Å². The smallest absolute Gasteiger partial charge is 0.242 e. The van der Waals surface area contributed by atoms with E-state index in [-0.39, 0.29) is 10.5 Å². The Labute approximate surface area is 243 Å². The van der Waals surface area contributed by atoms with Crippen molar-refractivity contribution in [3.05, 3.63) is 81.5 Å². The summed E-state index contributed by atoms with van der Waals surface area (Å²) in [5.41, 5.74) is 2.99. The molecule has 2 aromatic carbocycles. The van der Waals surface area contributed by atoms with Crippen LogP contribution in [0.4, 0.5) is 11.8 Å². The van der Waals surface area contributed by atoms with Crippen molar-refractivity contribution in [1.29, 1.82) is 0 Å². The molecule has 0 radical (unpaired) electrons. The third-order valence-electron chi connectivity index (χ3n) is 5.88. The number of amides is 1. The SMILES string of the molecule is CC(C)C[C@@H](Nc1cc(C2SCCCS2)nc(NCc2cccc(Cl)c2)n1)C(=O)NCc1ccc(Cl)cc1. The van der Waals surface area contributed by atoms with Gasteiger partial charge in [-0.05, 0) is 65.7 Å². The van der Waals surface area contributed by atoms with E-state index in [0.29, 0.717) is 47.2 Å². The van der Waals surface area contributed by atoms with Crippen LogP contribution in [0.2, 0.25) is 10.0 Å². The minimum absolute atomic E-state index is 0.0661. The molecule has 4 rings (SSSR count). The Kier molecular flexibility index (Phi) is 10.9. The molecule has 1 amide bonds. The Balaban J connectivity index is 1.52. The van der Waals surface area contributed by atoms with Gasteiger partial charge >= 0.3 is 0 Å². The molecule has 6 nitrogen and oxygen atoms in total. The number of hydrogen-bond acceptors (Lipinski definition) is 7. The van der Waals surface area contributed by atoms with Crippen LogP contribution in [0, 0.1) is 5.92 Å². The predicted octanol–water partition coefficient (Wildman–Crippen LogP) is 7.41. The predicted molar refractivity (Wildman–Crippen MR) is 163 cm³/mol. The van der Waals surface area contributed by atoms with E-state index >= 15 is 0 Å². The molecule has 1 atom stereocenters. The summed E-state index contributed by atoms with van der Waals surface area (Å²) in [6.07, 6.45) is 1.87. The molecule has 3 N–H and O–H groups in total. The Morgan fingerprint density at radius 3 is 2.45 bits per heavy atom. The van der Waals surface area contributed by atoms with Crippen LogP contribution >= 0.6 is 46.7 Å². The van der Waals surface area contributed by atoms with Gasteiger partial charge in [-0.3, -0.25) is 4.79 Å². The number of nitrogens with zero attached hydrogens (tertiary/aromatic N) is 2. The molecule has 10 heteroatoms. The van der Waals surface area contributed by atoms with Crippen LogP contribution in [0.5, 0.6) is 0 Å². The zero-order valence-corrected chi connectivity index (χ0v) is 24.7. The minimum Gasteiger partial charge on any atom is -0.358 e. The number of hydrogen-bond donors (Lipinski definition) is 3. The van der Waals surface area contributed by atoms with Gasteiger partial charge < -0.3 is 16.0 Å². The third kappa shape index (κ3) is 8.97. The standard InChI is InChI=1S/C28H33Cl2N5OS2/c1-18(2)13-23(26(36)31-16-19-7-9-21(29)10-8-19)33-25-15-24(27-37-11-4-12-38-27)34-28(35-25)32-17-20-5-3-6-22(30)14-20/h3,5-10,14-15,18,23,27H,4,11-13,16-17H2,1-2H3,(H,31,36)(H2,32,33,34,35)/t23-/m1/s1. The fraction of sp³-hybridized carbons (Fsp3) is 0.393. The number of benzene rings is 2. The summed E-state index contributed by atoms with van der Waals surface area (Å²) in [6, 6.07) is 16.8. The second-order valence-corrected chi connectivity index (χ2v) is 13.2. The Morgan fingerprint density at radius 2 is 1.74 bits per heavy atom. The van der Waals surface area contributed by atoms with Crippen LogP contribution in [0.15, 0.2) is 54.6 Å². The molecule has 1 fully saturated rings. The summed E-state index contributed by atoms with van der Waals surface area (Å²) in [5, 5.41) is 11.2. The molecule has 2 heterocycles. The number of halogens is 2. The number of carbonyl (C=O) groups is 1. The second kappa shape index (κ2) is 14.3. The molecule has 0 unspecified atom stereocenters. The lowest BCUT2D eigenvalue weighted by atomic mass is 10.0. The van der Waals surface area contributed by atoms with Gasteiger partial charge in [-0.2, -0.15) is 4.98 Å². The van der Waals surface area contributed by atoms with Gasteiger partial charge in [-0.1, -0.05) is 61.3 Å². The fourth-order valence-corrected chi connectivity index (χ4v) is 7.14. The first-order valence-electron chi connectivity index (χ1n) is 12.7. The largest absolute Gasteiger partial charge is 0.358 e. The molecule has 1 aliphatic rings. The van der Waals surface area contributed by atoms with Gasteiger partial charge in [0.1, 0.15) is 11.9 Å². The highest BCUT2D eigenvalue weighted by molar-refractivity contribution is 8.16. The minimum atomic E-state index is -0.433. The normalized spacial score (nSPS) is 14.8. The molecule has 1 saturated heterocycles. The number of rotatable bonds is 11. The zero-order valence-electron chi connectivity index (χ0n) is 21.5. The average molecular weight is 591 g/mol. The average Bonchev–Trinajstić information content (AvgIpc) is 2.91. The number of carbonyl (C=O) groups excluding carboxylic acids is 1. The lowest BCUT2D eigenvalue weighted by Gasteiger charge is -2.24. The van der Waals surface area contributed by atoms with E-state index < -0.39 is 6.04 Å². The lowest BCUT2D eigenvalue weighted by molar-refractivity contribution is -0.122. The molecule has 38 heavy (non-hydrogen) atoms. The van der Waals surface area contributed by atoms with Crippen LogP contribution in [-0.4, -0.2) is 33.4 Å². The summed E-state index contributed by atoms with van der Waals surface area (Å²) in [7, 11) is 0. The van der Waals surface area contributed by atoms with Gasteiger partial charge in [-0.25, -0.2) is 4.98 Å². The van der Waals surface area contributed by atoms with Crippen molar-refractivity contribution in [2.45, 2.75) is 50.4 Å². The van der Waals surface area contributed by atoms with Crippen molar-refractivity contribution < 1.29 is 4.79 Å². The molecule has 202 valence electrons. The van der Waals surface area contributed by atoms with E-state index in [1.165, 1.54) is 6.42 Å². The van der Waals surface area contributed by atoms with Gasteiger partial charge in [0.2, 0.25) is 11.9 Å². The van der Waals surface area contributed by atoms with Gasteiger partial charge in [0.15, 0.2) is 0 Å². The van der Waals surface area contributed by atoms with E-state index in [1.807, 2.05) is 78.1 Å². The van der Waals surface area contributed by atoms with Crippen LogP contribution in [0.25, 0.3) is 0 Å². The number of thioether (sulfide) groups is 2. The van der Waals surface area contributed by atoms with Crippen LogP contribution in [-0.2, 0) is 17.9 Å². The third-order valence-corrected chi connectivity index (χ3v) is 9.32. The van der Waals surface area contributed by atoms with Crippen LogP contribution in [0.3, 0.4) is 0 Å². The zero-order chi connectivity index (χ0) is 26.9. The van der Waals surface area contributed by atoms with Crippen molar-refractivity contribution in [1.82, 2.24) is 15.3 Å². The molecule has 0 bridgehead atoms. The van der Waals surface area contributed by atoms with E-state index in [1.54, 1.807) is 0 Å². The molecule has 0 saturated carbocycles.